The number of fused-ring (bicyclic) bond motifs is 1. The Morgan fingerprint density at radius 3 is 2.71 bits per heavy atom. The smallest absolute Gasteiger partial charge is 0.259 e. The summed E-state index contributed by atoms with van der Waals surface area (Å²) in [4.78, 5) is 31.3. The summed E-state index contributed by atoms with van der Waals surface area (Å²) in [5.41, 5.74) is 1.29. The molecule has 1 amide bonds. The summed E-state index contributed by atoms with van der Waals surface area (Å²) in [6, 6.07) is 11.6. The highest BCUT2D eigenvalue weighted by molar-refractivity contribution is 7.71. The summed E-state index contributed by atoms with van der Waals surface area (Å²) in [7, 11) is 1.65. The van der Waals surface area contributed by atoms with Crippen LogP contribution in [0.1, 0.15) is 15.9 Å². The lowest BCUT2D eigenvalue weighted by molar-refractivity contribution is 0.0784. The van der Waals surface area contributed by atoms with E-state index in [-0.39, 0.29) is 28.5 Å². The molecule has 0 saturated carbocycles. The van der Waals surface area contributed by atoms with Gasteiger partial charge in [0.25, 0.3) is 11.5 Å². The number of aromatic amines is 2. The van der Waals surface area contributed by atoms with Crippen LogP contribution in [0.3, 0.4) is 0 Å². The quantitative estimate of drug-likeness (QED) is 0.639. The molecule has 7 heteroatoms. The molecule has 0 saturated heterocycles. The number of hydrogen-bond acceptors (Lipinski definition) is 4. The van der Waals surface area contributed by atoms with Gasteiger partial charge < -0.3 is 15.0 Å². The first-order chi connectivity index (χ1) is 11.5. The van der Waals surface area contributed by atoms with Crippen molar-refractivity contribution < 1.29 is 9.90 Å². The van der Waals surface area contributed by atoms with E-state index in [1.165, 1.54) is 4.90 Å². The third-order valence-electron chi connectivity index (χ3n) is 3.73. The highest BCUT2D eigenvalue weighted by atomic mass is 32.1. The molecule has 1 aromatic heterocycles. The van der Waals surface area contributed by atoms with Gasteiger partial charge in [-0.25, -0.2) is 0 Å². The molecule has 0 aliphatic rings. The summed E-state index contributed by atoms with van der Waals surface area (Å²) in [5, 5.41) is 10.3. The van der Waals surface area contributed by atoms with Gasteiger partial charge in [0.15, 0.2) is 4.77 Å². The van der Waals surface area contributed by atoms with E-state index in [1.807, 2.05) is 0 Å². The van der Waals surface area contributed by atoms with E-state index >= 15 is 0 Å². The van der Waals surface area contributed by atoms with Crippen LogP contribution in [0.15, 0.2) is 47.3 Å². The number of amides is 1. The molecular formula is C17H15N3O3S. The molecule has 0 aliphatic heterocycles. The maximum Gasteiger partial charge on any atom is 0.259 e. The number of benzene rings is 2. The van der Waals surface area contributed by atoms with Gasteiger partial charge in [-0.1, -0.05) is 18.2 Å². The van der Waals surface area contributed by atoms with Crippen LogP contribution < -0.4 is 5.56 Å². The van der Waals surface area contributed by atoms with E-state index in [0.717, 1.165) is 0 Å². The number of carbonyl (C=O) groups is 1. The van der Waals surface area contributed by atoms with Crippen molar-refractivity contribution in [3.05, 3.63) is 68.7 Å². The van der Waals surface area contributed by atoms with E-state index < -0.39 is 0 Å². The lowest BCUT2D eigenvalue weighted by Gasteiger charge is -2.18. The topological polar surface area (TPSA) is 89.2 Å². The van der Waals surface area contributed by atoms with Crippen molar-refractivity contribution in [3.8, 4) is 5.75 Å². The Bertz CT molecular complexity index is 1040. The first-order valence-electron chi connectivity index (χ1n) is 7.24. The second-order valence-corrected chi connectivity index (χ2v) is 5.87. The van der Waals surface area contributed by atoms with E-state index in [4.69, 9.17) is 12.2 Å². The van der Waals surface area contributed by atoms with Crippen molar-refractivity contribution in [2.45, 2.75) is 6.54 Å². The van der Waals surface area contributed by atoms with Crippen LogP contribution in [0.25, 0.3) is 10.9 Å². The number of carbonyl (C=O) groups excluding carboxylic acids is 1. The van der Waals surface area contributed by atoms with Crippen LogP contribution in [-0.2, 0) is 6.54 Å². The largest absolute Gasteiger partial charge is 0.508 e. The van der Waals surface area contributed by atoms with Crippen LogP contribution in [0.4, 0.5) is 0 Å². The zero-order chi connectivity index (χ0) is 17.3. The van der Waals surface area contributed by atoms with Gasteiger partial charge in [-0.3, -0.25) is 14.6 Å². The Balaban J connectivity index is 1.92. The number of phenols is 1. The minimum atomic E-state index is -0.296. The average Bonchev–Trinajstić information content (AvgIpc) is 2.55. The molecule has 0 aliphatic carbocycles. The number of nitrogens with one attached hydrogen (secondary N) is 2. The number of nitrogens with zero attached hydrogens (tertiary/aromatic N) is 1. The van der Waals surface area contributed by atoms with Crippen molar-refractivity contribution >= 4 is 29.0 Å². The first-order valence-corrected chi connectivity index (χ1v) is 7.65. The van der Waals surface area contributed by atoms with Gasteiger partial charge in [0.05, 0.1) is 10.9 Å². The summed E-state index contributed by atoms with van der Waals surface area (Å²) < 4.78 is 0.208. The second kappa shape index (κ2) is 6.29. The van der Waals surface area contributed by atoms with Crippen LogP contribution in [0.5, 0.6) is 5.75 Å². The number of hydrogen-bond donors (Lipinski definition) is 3. The van der Waals surface area contributed by atoms with Crippen molar-refractivity contribution in [1.29, 1.82) is 0 Å². The number of phenolic OH excluding ortho intramolecular Hbond substituents is 1. The number of aromatic nitrogens is 2. The van der Waals surface area contributed by atoms with Gasteiger partial charge in [-0.2, -0.15) is 0 Å². The molecule has 2 aromatic carbocycles. The third-order valence-corrected chi connectivity index (χ3v) is 3.94. The Labute approximate surface area is 142 Å². The van der Waals surface area contributed by atoms with Crippen LogP contribution >= 0.6 is 12.2 Å². The maximum absolute atomic E-state index is 12.6. The fourth-order valence-corrected chi connectivity index (χ4v) is 2.70. The van der Waals surface area contributed by atoms with Gasteiger partial charge in [-0.15, -0.1) is 0 Å². The predicted molar refractivity (Wildman–Crippen MR) is 93.7 cm³/mol. The summed E-state index contributed by atoms with van der Waals surface area (Å²) in [5.74, 6) is -0.0777. The van der Waals surface area contributed by atoms with Crippen LogP contribution in [-0.4, -0.2) is 32.9 Å². The first kappa shape index (κ1) is 15.9. The molecular weight excluding hydrogens is 326 g/mol. The van der Waals surface area contributed by atoms with Crippen molar-refractivity contribution in [2.24, 2.45) is 0 Å². The fraction of sp³-hybridized carbons (Fsp3) is 0.118. The van der Waals surface area contributed by atoms with Crippen molar-refractivity contribution in [1.82, 2.24) is 14.9 Å². The third kappa shape index (κ3) is 3.07. The molecule has 3 N–H and O–H groups in total. The van der Waals surface area contributed by atoms with E-state index in [0.29, 0.717) is 22.0 Å². The molecule has 3 rings (SSSR count). The van der Waals surface area contributed by atoms with Gasteiger partial charge in [-0.05, 0) is 36.5 Å². The lowest BCUT2D eigenvalue weighted by atomic mass is 10.1. The molecule has 24 heavy (non-hydrogen) atoms. The number of aromatic hydroxyl groups is 1. The van der Waals surface area contributed by atoms with Gasteiger partial charge >= 0.3 is 0 Å². The average molecular weight is 341 g/mol. The monoisotopic (exact) mass is 341 g/mol. The molecule has 3 aromatic rings. The molecule has 122 valence electrons. The van der Waals surface area contributed by atoms with E-state index in [9.17, 15) is 14.7 Å². The zero-order valence-corrected chi connectivity index (χ0v) is 13.7. The zero-order valence-electron chi connectivity index (χ0n) is 12.9. The fourth-order valence-electron chi connectivity index (χ4n) is 2.49. The molecule has 0 fully saturated rings. The van der Waals surface area contributed by atoms with Crippen LogP contribution in [0, 0.1) is 4.77 Å². The standard InChI is InChI=1S/C17H15N3O3S/c1-20(9-11-4-2-3-5-14(11)21)16(23)10-6-7-12-13(8-10)18-17(24)19-15(12)22/h2-8,21H,9H2,1H3,(H2,18,19,22,24). The summed E-state index contributed by atoms with van der Waals surface area (Å²) in [6.07, 6.45) is 0. The van der Waals surface area contributed by atoms with Gasteiger partial charge in [0.1, 0.15) is 5.75 Å². The second-order valence-electron chi connectivity index (χ2n) is 5.46. The minimum absolute atomic E-state index is 0.145. The Hall–Kier alpha value is -2.93. The normalized spacial score (nSPS) is 10.7. The molecule has 6 nitrogen and oxygen atoms in total. The summed E-state index contributed by atoms with van der Waals surface area (Å²) in [6.45, 7) is 0.273. The number of para-hydroxylation sites is 1. The molecule has 0 radical (unpaired) electrons. The highest BCUT2D eigenvalue weighted by Crippen LogP contribution is 2.19. The summed E-state index contributed by atoms with van der Waals surface area (Å²) >= 11 is 4.95. The Morgan fingerprint density at radius 1 is 1.21 bits per heavy atom. The predicted octanol–water partition coefficient (Wildman–Crippen LogP) is 2.56. The number of rotatable bonds is 3. The van der Waals surface area contributed by atoms with E-state index in [2.05, 4.69) is 9.97 Å². The van der Waals surface area contributed by atoms with E-state index in [1.54, 1.807) is 49.5 Å². The Morgan fingerprint density at radius 2 is 1.96 bits per heavy atom. The molecule has 0 unspecified atom stereocenters. The Kier molecular flexibility index (Phi) is 4.18. The molecule has 0 bridgehead atoms. The van der Waals surface area contributed by atoms with Crippen LogP contribution in [0.2, 0.25) is 0 Å². The van der Waals surface area contributed by atoms with Gasteiger partial charge in [0, 0.05) is 24.7 Å². The van der Waals surface area contributed by atoms with Gasteiger partial charge in [0.2, 0.25) is 0 Å². The van der Waals surface area contributed by atoms with Crippen molar-refractivity contribution in [2.75, 3.05) is 7.05 Å². The number of H-pyrrole nitrogens is 2. The maximum atomic E-state index is 12.6. The molecule has 1 heterocycles. The molecule has 0 atom stereocenters. The SMILES string of the molecule is CN(Cc1ccccc1O)C(=O)c1ccc2c(=O)[nH]c(=S)[nH]c2c1. The highest BCUT2D eigenvalue weighted by Gasteiger charge is 2.14. The molecule has 0 spiro atoms. The minimum Gasteiger partial charge on any atom is -0.508 e. The van der Waals surface area contributed by atoms with Crippen molar-refractivity contribution in [3.63, 3.8) is 0 Å². The lowest BCUT2D eigenvalue weighted by Crippen LogP contribution is -2.26.